The normalized spacial score (nSPS) is 32.2. The molecule has 0 spiro atoms. The molecule has 3 heterocycles. The molecular weight excluding hydrogens is 266 g/mol. The Kier molecular flexibility index (Phi) is 3.95. The van der Waals surface area contributed by atoms with E-state index in [-0.39, 0.29) is 35.9 Å². The standard InChI is InChI=1S/C16H27N3O2/c1-11(2)14-16(21)18-8-4-5-13(18)15(20)19(14)12-6-9-17(3)10-7-12/h11-14H,4-10H2,1-3H3. The average Bonchev–Trinajstić information content (AvgIpc) is 2.93. The van der Waals surface area contributed by atoms with E-state index < -0.39 is 0 Å². The maximum absolute atomic E-state index is 13.0. The third-order valence-electron chi connectivity index (χ3n) is 5.34. The number of carbonyl (C=O) groups is 2. The van der Waals surface area contributed by atoms with E-state index in [1.165, 1.54) is 0 Å². The monoisotopic (exact) mass is 293 g/mol. The van der Waals surface area contributed by atoms with Crippen molar-refractivity contribution in [2.24, 2.45) is 5.92 Å². The number of piperidine rings is 1. The Hall–Kier alpha value is -1.10. The largest absolute Gasteiger partial charge is 0.329 e. The summed E-state index contributed by atoms with van der Waals surface area (Å²) < 4.78 is 0. The molecule has 0 aromatic rings. The van der Waals surface area contributed by atoms with Gasteiger partial charge in [0.1, 0.15) is 12.1 Å². The molecule has 118 valence electrons. The Balaban J connectivity index is 1.87. The van der Waals surface area contributed by atoms with Crippen molar-refractivity contribution < 1.29 is 9.59 Å². The highest BCUT2D eigenvalue weighted by Crippen LogP contribution is 2.33. The molecule has 5 heteroatoms. The summed E-state index contributed by atoms with van der Waals surface area (Å²) in [5.41, 5.74) is 0. The predicted molar refractivity (Wildman–Crippen MR) is 80.7 cm³/mol. The molecule has 3 fully saturated rings. The molecule has 0 radical (unpaired) electrons. The molecule has 3 aliphatic rings. The average molecular weight is 293 g/mol. The molecule has 2 atom stereocenters. The second-order valence-corrected chi connectivity index (χ2v) is 7.16. The van der Waals surface area contributed by atoms with Gasteiger partial charge in [-0.05, 0) is 51.7 Å². The molecule has 5 nitrogen and oxygen atoms in total. The smallest absolute Gasteiger partial charge is 0.246 e. The van der Waals surface area contributed by atoms with Gasteiger partial charge in [0.2, 0.25) is 11.8 Å². The molecule has 2 amide bonds. The van der Waals surface area contributed by atoms with Crippen molar-refractivity contribution in [1.82, 2.24) is 14.7 Å². The highest BCUT2D eigenvalue weighted by Gasteiger charge is 2.50. The SMILES string of the molecule is CC(C)C1C(=O)N2CCCC2C(=O)N1C1CCN(C)CC1. The van der Waals surface area contributed by atoms with E-state index in [4.69, 9.17) is 0 Å². The number of likely N-dealkylation sites (tertiary alicyclic amines) is 1. The van der Waals surface area contributed by atoms with Gasteiger partial charge in [-0.2, -0.15) is 0 Å². The van der Waals surface area contributed by atoms with Gasteiger partial charge >= 0.3 is 0 Å². The van der Waals surface area contributed by atoms with Crippen molar-refractivity contribution in [3.05, 3.63) is 0 Å². The second-order valence-electron chi connectivity index (χ2n) is 7.16. The lowest BCUT2D eigenvalue weighted by molar-refractivity contribution is -0.165. The van der Waals surface area contributed by atoms with Gasteiger partial charge in [0.05, 0.1) is 0 Å². The summed E-state index contributed by atoms with van der Waals surface area (Å²) >= 11 is 0. The number of hydrogen-bond donors (Lipinski definition) is 0. The van der Waals surface area contributed by atoms with E-state index in [1.54, 1.807) is 0 Å². The quantitative estimate of drug-likeness (QED) is 0.761. The molecule has 2 unspecified atom stereocenters. The van der Waals surface area contributed by atoms with Crippen LogP contribution in [0.5, 0.6) is 0 Å². The van der Waals surface area contributed by atoms with Crippen LogP contribution in [0.3, 0.4) is 0 Å². The number of fused-ring (bicyclic) bond motifs is 1. The van der Waals surface area contributed by atoms with E-state index in [0.29, 0.717) is 0 Å². The first kappa shape index (κ1) is 14.8. The maximum atomic E-state index is 13.0. The molecule has 0 N–H and O–H groups in total. The van der Waals surface area contributed by atoms with Gasteiger partial charge in [0.15, 0.2) is 0 Å². The Morgan fingerprint density at radius 1 is 1.00 bits per heavy atom. The minimum atomic E-state index is -0.250. The van der Waals surface area contributed by atoms with Crippen molar-refractivity contribution in [3.63, 3.8) is 0 Å². The number of hydrogen-bond acceptors (Lipinski definition) is 3. The second kappa shape index (κ2) is 5.59. The molecule has 21 heavy (non-hydrogen) atoms. The van der Waals surface area contributed by atoms with Crippen LogP contribution < -0.4 is 0 Å². The minimum absolute atomic E-state index is 0.174. The molecule has 0 aromatic carbocycles. The van der Waals surface area contributed by atoms with E-state index >= 15 is 0 Å². The van der Waals surface area contributed by atoms with E-state index in [1.807, 2.05) is 9.80 Å². The first-order valence-corrected chi connectivity index (χ1v) is 8.32. The zero-order chi connectivity index (χ0) is 15.1. The fraction of sp³-hybridized carbons (Fsp3) is 0.875. The number of amides is 2. The number of rotatable bonds is 2. The summed E-state index contributed by atoms with van der Waals surface area (Å²) in [6.07, 6.45) is 3.80. The molecule has 3 aliphatic heterocycles. The van der Waals surface area contributed by atoms with Gasteiger partial charge in [0, 0.05) is 12.6 Å². The van der Waals surface area contributed by atoms with E-state index in [0.717, 1.165) is 45.3 Å². The van der Waals surface area contributed by atoms with Crippen LogP contribution in [0, 0.1) is 5.92 Å². The van der Waals surface area contributed by atoms with Crippen LogP contribution in [0.25, 0.3) is 0 Å². The Morgan fingerprint density at radius 3 is 2.29 bits per heavy atom. The predicted octanol–water partition coefficient (Wildman–Crippen LogP) is 0.938. The maximum Gasteiger partial charge on any atom is 0.246 e. The van der Waals surface area contributed by atoms with Crippen LogP contribution in [0.1, 0.15) is 39.5 Å². The first-order valence-electron chi connectivity index (χ1n) is 8.32. The number of carbonyl (C=O) groups excluding carboxylic acids is 2. The molecule has 0 bridgehead atoms. The van der Waals surface area contributed by atoms with Crippen molar-refractivity contribution in [3.8, 4) is 0 Å². The Morgan fingerprint density at radius 2 is 1.67 bits per heavy atom. The fourth-order valence-corrected chi connectivity index (χ4v) is 4.17. The lowest BCUT2D eigenvalue weighted by Gasteiger charge is -2.49. The van der Waals surface area contributed by atoms with Crippen LogP contribution in [-0.2, 0) is 9.59 Å². The Bertz CT molecular complexity index is 429. The molecule has 0 aromatic heterocycles. The molecule has 3 rings (SSSR count). The number of nitrogens with zero attached hydrogens (tertiary/aromatic N) is 3. The third kappa shape index (κ3) is 2.45. The first-order chi connectivity index (χ1) is 10.0. The highest BCUT2D eigenvalue weighted by molar-refractivity contribution is 5.97. The lowest BCUT2D eigenvalue weighted by Crippen LogP contribution is -2.67. The van der Waals surface area contributed by atoms with Crippen LogP contribution in [0.4, 0.5) is 0 Å². The van der Waals surface area contributed by atoms with Gasteiger partial charge < -0.3 is 14.7 Å². The summed E-state index contributed by atoms with van der Waals surface area (Å²) in [5, 5.41) is 0. The van der Waals surface area contributed by atoms with Crippen LogP contribution >= 0.6 is 0 Å². The lowest BCUT2D eigenvalue weighted by atomic mass is 9.91. The highest BCUT2D eigenvalue weighted by atomic mass is 16.2. The minimum Gasteiger partial charge on any atom is -0.329 e. The molecule has 0 saturated carbocycles. The molecule has 0 aliphatic carbocycles. The van der Waals surface area contributed by atoms with E-state index in [9.17, 15) is 9.59 Å². The van der Waals surface area contributed by atoms with Gasteiger partial charge in [-0.25, -0.2) is 0 Å². The van der Waals surface area contributed by atoms with Crippen molar-refractivity contribution in [1.29, 1.82) is 0 Å². The fourth-order valence-electron chi connectivity index (χ4n) is 4.17. The number of piperazine rings is 1. The zero-order valence-corrected chi connectivity index (χ0v) is 13.4. The Labute approximate surface area is 127 Å². The van der Waals surface area contributed by atoms with Crippen LogP contribution in [0.2, 0.25) is 0 Å². The van der Waals surface area contributed by atoms with Crippen LogP contribution in [0.15, 0.2) is 0 Å². The van der Waals surface area contributed by atoms with Gasteiger partial charge in [0.25, 0.3) is 0 Å². The zero-order valence-electron chi connectivity index (χ0n) is 13.4. The van der Waals surface area contributed by atoms with Crippen molar-refractivity contribution >= 4 is 11.8 Å². The topological polar surface area (TPSA) is 43.9 Å². The van der Waals surface area contributed by atoms with Crippen molar-refractivity contribution in [2.45, 2.75) is 57.7 Å². The summed E-state index contributed by atoms with van der Waals surface area (Å²) in [6, 6.07) is -0.180. The van der Waals surface area contributed by atoms with E-state index in [2.05, 4.69) is 25.8 Å². The van der Waals surface area contributed by atoms with Crippen molar-refractivity contribution in [2.75, 3.05) is 26.7 Å². The molecule has 3 saturated heterocycles. The molecular formula is C16H27N3O2. The summed E-state index contributed by atoms with van der Waals surface area (Å²) in [4.78, 5) is 31.9. The van der Waals surface area contributed by atoms with Gasteiger partial charge in [-0.3, -0.25) is 9.59 Å². The third-order valence-corrected chi connectivity index (χ3v) is 5.34. The summed E-state index contributed by atoms with van der Waals surface area (Å²) in [5.74, 6) is 0.578. The summed E-state index contributed by atoms with van der Waals surface area (Å²) in [7, 11) is 2.12. The van der Waals surface area contributed by atoms with Crippen LogP contribution in [-0.4, -0.2) is 71.3 Å². The van der Waals surface area contributed by atoms with Gasteiger partial charge in [-0.1, -0.05) is 13.8 Å². The summed E-state index contributed by atoms with van der Waals surface area (Å²) in [6.45, 7) is 6.92. The van der Waals surface area contributed by atoms with Gasteiger partial charge in [-0.15, -0.1) is 0 Å².